The van der Waals surface area contributed by atoms with Gasteiger partial charge in [-0.1, -0.05) is 0 Å². The number of amides is 3. The zero-order chi connectivity index (χ0) is 14.3. The Bertz CT molecular complexity index is 347. The minimum atomic E-state index is -1.16. The van der Waals surface area contributed by atoms with Crippen molar-refractivity contribution in [1.29, 1.82) is 0 Å². The molecule has 0 aromatic heterocycles. The minimum Gasteiger partial charge on any atom is -0.480 e. The standard InChI is InChI=1S/C11H19N3O5/c1-13-3-2-4-14(6-5-13)11(18)12-9(15)7-19-8-10(16)17/h2-8H2,1H3,(H,16,17)(H,12,15,18). The van der Waals surface area contributed by atoms with Gasteiger partial charge in [0.05, 0.1) is 0 Å². The molecular formula is C11H19N3O5. The third-order valence-electron chi connectivity index (χ3n) is 2.71. The summed E-state index contributed by atoms with van der Waals surface area (Å²) in [5.41, 5.74) is 0. The molecule has 0 bridgehead atoms. The molecule has 1 fully saturated rings. The molecule has 0 aliphatic carbocycles. The van der Waals surface area contributed by atoms with Crippen LogP contribution in [0.3, 0.4) is 0 Å². The van der Waals surface area contributed by atoms with Crippen molar-refractivity contribution >= 4 is 17.9 Å². The molecule has 0 unspecified atom stereocenters. The number of urea groups is 1. The summed E-state index contributed by atoms with van der Waals surface area (Å²) < 4.78 is 4.60. The largest absolute Gasteiger partial charge is 0.480 e. The molecule has 19 heavy (non-hydrogen) atoms. The van der Waals surface area contributed by atoms with Crippen LogP contribution in [0.15, 0.2) is 0 Å². The predicted octanol–water partition coefficient (Wildman–Crippen LogP) is -1.04. The van der Waals surface area contributed by atoms with Gasteiger partial charge in [-0.05, 0) is 20.0 Å². The highest BCUT2D eigenvalue weighted by atomic mass is 16.5. The molecule has 1 aliphatic rings. The highest BCUT2D eigenvalue weighted by Gasteiger charge is 2.19. The van der Waals surface area contributed by atoms with Gasteiger partial charge < -0.3 is 19.6 Å². The maximum atomic E-state index is 11.8. The number of imide groups is 1. The molecule has 1 saturated heterocycles. The summed E-state index contributed by atoms with van der Waals surface area (Å²) >= 11 is 0. The summed E-state index contributed by atoms with van der Waals surface area (Å²) in [6.45, 7) is 1.84. The van der Waals surface area contributed by atoms with E-state index in [-0.39, 0.29) is 0 Å². The van der Waals surface area contributed by atoms with Crippen LogP contribution in [-0.4, -0.2) is 79.3 Å². The van der Waals surface area contributed by atoms with Crippen LogP contribution in [0.25, 0.3) is 0 Å². The minimum absolute atomic E-state index is 0.439. The molecule has 0 aromatic carbocycles. The molecule has 1 heterocycles. The Morgan fingerprint density at radius 3 is 2.58 bits per heavy atom. The fraction of sp³-hybridized carbons (Fsp3) is 0.727. The van der Waals surface area contributed by atoms with Crippen molar-refractivity contribution in [3.8, 4) is 0 Å². The van der Waals surface area contributed by atoms with E-state index in [2.05, 4.69) is 15.0 Å². The molecule has 8 nitrogen and oxygen atoms in total. The van der Waals surface area contributed by atoms with Crippen molar-refractivity contribution in [1.82, 2.24) is 15.1 Å². The molecule has 0 spiro atoms. The van der Waals surface area contributed by atoms with Crippen molar-refractivity contribution in [2.75, 3.05) is 46.4 Å². The zero-order valence-corrected chi connectivity index (χ0v) is 10.9. The zero-order valence-electron chi connectivity index (χ0n) is 10.9. The highest BCUT2D eigenvalue weighted by molar-refractivity contribution is 5.95. The molecule has 0 aromatic rings. The van der Waals surface area contributed by atoms with E-state index in [1.165, 1.54) is 0 Å². The van der Waals surface area contributed by atoms with Crippen LogP contribution in [0, 0.1) is 0 Å². The molecule has 0 atom stereocenters. The number of rotatable bonds is 4. The smallest absolute Gasteiger partial charge is 0.329 e. The Morgan fingerprint density at radius 2 is 1.89 bits per heavy atom. The maximum Gasteiger partial charge on any atom is 0.329 e. The van der Waals surface area contributed by atoms with Gasteiger partial charge in [-0.25, -0.2) is 9.59 Å². The molecule has 1 aliphatic heterocycles. The van der Waals surface area contributed by atoms with E-state index in [0.29, 0.717) is 13.1 Å². The van der Waals surface area contributed by atoms with Gasteiger partial charge in [0.25, 0.3) is 5.91 Å². The summed E-state index contributed by atoms with van der Waals surface area (Å²) in [7, 11) is 1.98. The Kier molecular flexibility index (Phi) is 6.23. The SMILES string of the molecule is CN1CCCN(C(=O)NC(=O)COCC(=O)O)CC1. The predicted molar refractivity (Wildman–Crippen MR) is 65.7 cm³/mol. The van der Waals surface area contributed by atoms with Crippen molar-refractivity contribution in [3.05, 3.63) is 0 Å². The van der Waals surface area contributed by atoms with E-state index < -0.39 is 31.1 Å². The lowest BCUT2D eigenvalue weighted by molar-refractivity contribution is -0.143. The summed E-state index contributed by atoms with van der Waals surface area (Å²) in [5.74, 6) is -1.79. The van der Waals surface area contributed by atoms with Crippen LogP contribution < -0.4 is 5.32 Å². The lowest BCUT2D eigenvalue weighted by Crippen LogP contribution is -2.45. The number of carbonyl (C=O) groups is 3. The van der Waals surface area contributed by atoms with Crippen LogP contribution in [0.2, 0.25) is 0 Å². The van der Waals surface area contributed by atoms with Gasteiger partial charge in [0, 0.05) is 19.6 Å². The lowest BCUT2D eigenvalue weighted by Gasteiger charge is -2.20. The van der Waals surface area contributed by atoms with Crippen LogP contribution >= 0.6 is 0 Å². The Labute approximate surface area is 111 Å². The average molecular weight is 273 g/mol. The van der Waals surface area contributed by atoms with E-state index in [1.54, 1.807) is 4.90 Å². The third kappa shape index (κ3) is 6.16. The summed E-state index contributed by atoms with van der Waals surface area (Å²) in [5, 5.41) is 10.5. The van der Waals surface area contributed by atoms with E-state index in [9.17, 15) is 14.4 Å². The van der Waals surface area contributed by atoms with Gasteiger partial charge in [-0.15, -0.1) is 0 Å². The summed E-state index contributed by atoms with van der Waals surface area (Å²) in [4.78, 5) is 37.0. The lowest BCUT2D eigenvalue weighted by atomic mass is 10.4. The second kappa shape index (κ2) is 7.70. The molecule has 0 saturated carbocycles. The van der Waals surface area contributed by atoms with Gasteiger partial charge in [0.1, 0.15) is 13.2 Å². The monoisotopic (exact) mass is 273 g/mol. The number of nitrogens with zero attached hydrogens (tertiary/aromatic N) is 2. The van der Waals surface area contributed by atoms with Gasteiger partial charge >= 0.3 is 12.0 Å². The van der Waals surface area contributed by atoms with Crippen molar-refractivity contribution in [3.63, 3.8) is 0 Å². The first kappa shape index (κ1) is 15.4. The first-order chi connectivity index (χ1) is 8.99. The van der Waals surface area contributed by atoms with E-state index in [1.807, 2.05) is 7.05 Å². The number of hydrogen-bond acceptors (Lipinski definition) is 5. The number of hydrogen-bond donors (Lipinski definition) is 2. The van der Waals surface area contributed by atoms with Gasteiger partial charge in [-0.2, -0.15) is 0 Å². The Morgan fingerprint density at radius 1 is 1.16 bits per heavy atom. The normalized spacial score (nSPS) is 16.8. The summed E-state index contributed by atoms with van der Waals surface area (Å²) in [6.07, 6.45) is 0.855. The molecule has 108 valence electrons. The van der Waals surface area contributed by atoms with E-state index in [0.717, 1.165) is 19.5 Å². The van der Waals surface area contributed by atoms with Crippen molar-refractivity contribution in [2.24, 2.45) is 0 Å². The topological polar surface area (TPSA) is 99.2 Å². The highest BCUT2D eigenvalue weighted by Crippen LogP contribution is 2.01. The molecular weight excluding hydrogens is 254 g/mol. The van der Waals surface area contributed by atoms with Crippen molar-refractivity contribution < 1.29 is 24.2 Å². The first-order valence-corrected chi connectivity index (χ1v) is 6.06. The van der Waals surface area contributed by atoms with Crippen LogP contribution in [0.1, 0.15) is 6.42 Å². The molecule has 0 radical (unpaired) electrons. The fourth-order valence-corrected chi connectivity index (χ4v) is 1.72. The molecule has 3 amide bonds. The average Bonchev–Trinajstić information content (AvgIpc) is 2.53. The van der Waals surface area contributed by atoms with Gasteiger partial charge in [-0.3, -0.25) is 10.1 Å². The van der Waals surface area contributed by atoms with Crippen LogP contribution in [-0.2, 0) is 14.3 Å². The van der Waals surface area contributed by atoms with E-state index in [4.69, 9.17) is 5.11 Å². The Balaban J connectivity index is 2.29. The molecule has 1 rings (SSSR count). The fourth-order valence-electron chi connectivity index (χ4n) is 1.72. The number of nitrogens with one attached hydrogen (secondary N) is 1. The first-order valence-electron chi connectivity index (χ1n) is 6.06. The number of carboxylic acids is 1. The van der Waals surface area contributed by atoms with Gasteiger partial charge in [0.15, 0.2) is 0 Å². The van der Waals surface area contributed by atoms with E-state index >= 15 is 0 Å². The quantitative estimate of drug-likeness (QED) is 0.679. The number of likely N-dealkylation sites (N-methyl/N-ethyl adjacent to an activating group) is 1. The van der Waals surface area contributed by atoms with Crippen LogP contribution in [0.5, 0.6) is 0 Å². The maximum absolute atomic E-state index is 11.8. The van der Waals surface area contributed by atoms with Gasteiger partial charge in [0.2, 0.25) is 0 Å². The second-order valence-electron chi connectivity index (χ2n) is 4.38. The third-order valence-corrected chi connectivity index (χ3v) is 2.71. The second-order valence-corrected chi connectivity index (χ2v) is 4.38. The molecule has 8 heteroatoms. The van der Waals surface area contributed by atoms with Crippen LogP contribution in [0.4, 0.5) is 4.79 Å². The summed E-state index contributed by atoms with van der Waals surface area (Å²) in [6, 6.07) is -0.459. The number of carboxylic acid groups (broad SMARTS) is 1. The van der Waals surface area contributed by atoms with Crippen molar-refractivity contribution in [2.45, 2.75) is 6.42 Å². The number of ether oxygens (including phenoxy) is 1. The molecule has 2 N–H and O–H groups in total. The Hall–Kier alpha value is -1.67. The number of carbonyl (C=O) groups excluding carboxylic acids is 2. The number of aliphatic carboxylic acids is 1.